The standard InChI is InChI=1S/C10H23N4O/c1-5-9(11-2)7-6-8-10(12-3,13-4)14(9)15/h11-13H,5-8H2,1-4H3. The highest BCUT2D eigenvalue weighted by Crippen LogP contribution is 2.34. The predicted octanol–water partition coefficient (Wildman–Crippen LogP) is 0.236. The lowest BCUT2D eigenvalue weighted by atomic mass is 9.90. The summed E-state index contributed by atoms with van der Waals surface area (Å²) in [5.74, 6) is -0.628. The maximum Gasteiger partial charge on any atom is 0.153 e. The van der Waals surface area contributed by atoms with Crippen LogP contribution in [0, 0.1) is 0 Å². The Balaban J connectivity index is 2.95. The largest absolute Gasteiger partial charge is 0.300 e. The molecule has 5 heteroatoms. The van der Waals surface area contributed by atoms with E-state index >= 15 is 0 Å². The lowest BCUT2D eigenvalue weighted by Crippen LogP contribution is -2.75. The van der Waals surface area contributed by atoms with E-state index in [2.05, 4.69) is 16.0 Å². The van der Waals surface area contributed by atoms with E-state index in [-0.39, 0.29) is 0 Å². The van der Waals surface area contributed by atoms with Crippen LogP contribution in [0.25, 0.3) is 0 Å². The minimum absolute atomic E-state index is 0.440. The summed E-state index contributed by atoms with van der Waals surface area (Å²) < 4.78 is 0. The topological polar surface area (TPSA) is 59.2 Å². The fraction of sp³-hybridized carbons (Fsp3) is 1.00. The first-order valence-electron chi connectivity index (χ1n) is 5.65. The maximum absolute atomic E-state index is 12.4. The second kappa shape index (κ2) is 4.76. The summed E-state index contributed by atoms with van der Waals surface area (Å²) in [4.78, 5) is 0. The molecule has 0 spiro atoms. The number of hydroxylamine groups is 2. The SMILES string of the molecule is CCC1(NC)CCCC(NC)(NC)N1[O]. The molecule has 1 heterocycles. The van der Waals surface area contributed by atoms with Crippen molar-refractivity contribution in [1.29, 1.82) is 0 Å². The molecule has 0 aromatic heterocycles. The van der Waals surface area contributed by atoms with Gasteiger partial charge in [0, 0.05) is 0 Å². The summed E-state index contributed by atoms with van der Waals surface area (Å²) in [5, 5.41) is 23.0. The molecule has 1 aliphatic heterocycles. The minimum Gasteiger partial charge on any atom is -0.300 e. The van der Waals surface area contributed by atoms with Gasteiger partial charge in [0.2, 0.25) is 0 Å². The van der Waals surface area contributed by atoms with Crippen molar-refractivity contribution in [2.45, 2.75) is 44.1 Å². The Morgan fingerprint density at radius 3 is 2.13 bits per heavy atom. The Labute approximate surface area is 92.2 Å². The smallest absolute Gasteiger partial charge is 0.153 e. The molecule has 89 valence electrons. The van der Waals surface area contributed by atoms with Crippen molar-refractivity contribution < 1.29 is 5.21 Å². The molecule has 1 atom stereocenters. The quantitative estimate of drug-likeness (QED) is 0.588. The first-order chi connectivity index (χ1) is 7.10. The van der Waals surface area contributed by atoms with E-state index in [0.717, 1.165) is 30.7 Å². The van der Waals surface area contributed by atoms with Crippen LogP contribution >= 0.6 is 0 Å². The number of nitrogens with zero attached hydrogens (tertiary/aromatic N) is 1. The van der Waals surface area contributed by atoms with Crippen molar-refractivity contribution in [3.8, 4) is 0 Å². The zero-order valence-electron chi connectivity index (χ0n) is 10.2. The van der Waals surface area contributed by atoms with Crippen LogP contribution < -0.4 is 16.0 Å². The molecule has 0 amide bonds. The minimum atomic E-state index is -0.628. The Bertz CT molecular complexity index is 182. The van der Waals surface area contributed by atoms with Gasteiger partial charge in [-0.1, -0.05) is 6.92 Å². The van der Waals surface area contributed by atoms with Crippen molar-refractivity contribution in [3.63, 3.8) is 0 Å². The monoisotopic (exact) mass is 215 g/mol. The third-order valence-corrected chi connectivity index (χ3v) is 3.74. The fourth-order valence-corrected chi connectivity index (χ4v) is 2.51. The number of hydrogen-bond donors (Lipinski definition) is 3. The van der Waals surface area contributed by atoms with E-state index in [1.54, 1.807) is 0 Å². The van der Waals surface area contributed by atoms with Gasteiger partial charge in [-0.05, 0) is 46.8 Å². The second-order valence-electron chi connectivity index (χ2n) is 4.14. The van der Waals surface area contributed by atoms with Crippen LogP contribution in [-0.2, 0) is 5.21 Å². The van der Waals surface area contributed by atoms with Gasteiger partial charge in [0.1, 0.15) is 5.66 Å². The number of rotatable bonds is 4. The van der Waals surface area contributed by atoms with Gasteiger partial charge in [-0.3, -0.25) is 10.6 Å². The molecule has 1 unspecified atom stereocenters. The summed E-state index contributed by atoms with van der Waals surface area (Å²) >= 11 is 0. The summed E-state index contributed by atoms with van der Waals surface area (Å²) in [6.45, 7) is 2.04. The van der Waals surface area contributed by atoms with E-state index in [9.17, 15) is 5.21 Å². The predicted molar refractivity (Wildman–Crippen MR) is 59.3 cm³/mol. The number of piperidine rings is 1. The van der Waals surface area contributed by atoms with E-state index in [0.29, 0.717) is 0 Å². The fourth-order valence-electron chi connectivity index (χ4n) is 2.51. The van der Waals surface area contributed by atoms with Gasteiger partial charge in [0.15, 0.2) is 5.79 Å². The molecule has 1 rings (SSSR count). The summed E-state index contributed by atoms with van der Waals surface area (Å²) in [6, 6.07) is 0. The average molecular weight is 215 g/mol. The van der Waals surface area contributed by atoms with Crippen molar-refractivity contribution in [1.82, 2.24) is 21.0 Å². The molecule has 0 aliphatic carbocycles. The molecule has 5 nitrogen and oxygen atoms in total. The molecular formula is C10H23N4O. The molecule has 1 saturated heterocycles. The van der Waals surface area contributed by atoms with Gasteiger partial charge in [-0.15, -0.1) is 10.3 Å². The molecule has 0 saturated carbocycles. The molecule has 1 fully saturated rings. The van der Waals surface area contributed by atoms with Crippen LogP contribution in [0.1, 0.15) is 32.6 Å². The van der Waals surface area contributed by atoms with Crippen LogP contribution in [0.3, 0.4) is 0 Å². The molecule has 15 heavy (non-hydrogen) atoms. The van der Waals surface area contributed by atoms with Gasteiger partial charge < -0.3 is 5.32 Å². The van der Waals surface area contributed by atoms with Gasteiger partial charge >= 0.3 is 0 Å². The van der Waals surface area contributed by atoms with Crippen LogP contribution in [-0.4, -0.2) is 37.7 Å². The van der Waals surface area contributed by atoms with Crippen LogP contribution in [0.15, 0.2) is 0 Å². The van der Waals surface area contributed by atoms with Crippen molar-refractivity contribution in [2.75, 3.05) is 21.1 Å². The third-order valence-electron chi connectivity index (χ3n) is 3.74. The Kier molecular flexibility index (Phi) is 4.08. The lowest BCUT2D eigenvalue weighted by molar-refractivity contribution is -0.326. The molecule has 0 aromatic rings. The highest BCUT2D eigenvalue weighted by atomic mass is 16.5. The highest BCUT2D eigenvalue weighted by molar-refractivity contribution is 4.95. The zero-order valence-corrected chi connectivity index (χ0v) is 10.2. The Morgan fingerprint density at radius 1 is 1.13 bits per heavy atom. The molecule has 1 aliphatic rings. The van der Waals surface area contributed by atoms with Crippen LogP contribution in [0.5, 0.6) is 0 Å². The lowest BCUT2D eigenvalue weighted by Gasteiger charge is -2.52. The number of hydrogen-bond acceptors (Lipinski definition) is 4. The van der Waals surface area contributed by atoms with Crippen molar-refractivity contribution in [2.24, 2.45) is 0 Å². The van der Waals surface area contributed by atoms with Crippen molar-refractivity contribution in [3.05, 3.63) is 0 Å². The van der Waals surface area contributed by atoms with E-state index in [1.165, 1.54) is 0 Å². The van der Waals surface area contributed by atoms with E-state index in [1.807, 2.05) is 28.1 Å². The van der Waals surface area contributed by atoms with Gasteiger partial charge in [-0.2, -0.15) is 0 Å². The average Bonchev–Trinajstić information content (AvgIpc) is 2.30. The highest BCUT2D eigenvalue weighted by Gasteiger charge is 2.49. The Morgan fingerprint density at radius 2 is 1.73 bits per heavy atom. The third kappa shape index (κ3) is 1.90. The van der Waals surface area contributed by atoms with Crippen LogP contribution in [0.2, 0.25) is 0 Å². The summed E-state index contributed by atoms with van der Waals surface area (Å²) in [7, 11) is 5.50. The molecular weight excluding hydrogens is 192 g/mol. The molecule has 0 aromatic carbocycles. The first-order valence-corrected chi connectivity index (χ1v) is 5.65. The maximum atomic E-state index is 12.4. The zero-order chi connectivity index (χ0) is 11.5. The first kappa shape index (κ1) is 12.9. The van der Waals surface area contributed by atoms with E-state index < -0.39 is 11.4 Å². The van der Waals surface area contributed by atoms with Gasteiger partial charge in [0.25, 0.3) is 0 Å². The van der Waals surface area contributed by atoms with Gasteiger partial charge in [0.05, 0.1) is 0 Å². The van der Waals surface area contributed by atoms with Gasteiger partial charge in [-0.25, -0.2) is 0 Å². The van der Waals surface area contributed by atoms with Crippen molar-refractivity contribution >= 4 is 0 Å². The normalized spacial score (nSPS) is 31.8. The van der Waals surface area contributed by atoms with E-state index in [4.69, 9.17) is 0 Å². The molecule has 3 N–H and O–H groups in total. The van der Waals surface area contributed by atoms with Crippen LogP contribution in [0.4, 0.5) is 0 Å². The Hall–Kier alpha value is -0.200. The summed E-state index contributed by atoms with van der Waals surface area (Å²) in [5.41, 5.74) is -0.440. The molecule has 1 radical (unpaired) electrons. The number of nitrogens with one attached hydrogen (secondary N) is 3. The second-order valence-corrected chi connectivity index (χ2v) is 4.14. The molecule has 0 bridgehead atoms. The summed E-state index contributed by atoms with van der Waals surface area (Å²) in [6.07, 6.45) is 3.56.